The largest absolute Gasteiger partial charge is 0.155 e. The Bertz CT molecular complexity index is 506. The third-order valence-electron chi connectivity index (χ3n) is 3.76. The maximum atomic E-state index is 4.66. The second-order valence-corrected chi connectivity index (χ2v) is 9.59. The SMILES string of the molecule is CC(C)c1nnc(C(C)(C)C)c(C(C)(C)C)c1C(C)(C)C. The molecule has 0 aromatic carbocycles. The molecule has 0 bridgehead atoms. The van der Waals surface area contributed by atoms with E-state index in [1.54, 1.807) is 0 Å². The summed E-state index contributed by atoms with van der Waals surface area (Å²) in [5.41, 5.74) is 5.21. The summed E-state index contributed by atoms with van der Waals surface area (Å²) in [5.74, 6) is 0.391. The minimum Gasteiger partial charge on any atom is -0.155 e. The van der Waals surface area contributed by atoms with Crippen LogP contribution in [0.25, 0.3) is 0 Å². The molecule has 2 nitrogen and oxygen atoms in total. The van der Waals surface area contributed by atoms with E-state index in [0.29, 0.717) is 5.92 Å². The highest BCUT2D eigenvalue weighted by Gasteiger charge is 2.35. The van der Waals surface area contributed by atoms with Crippen LogP contribution >= 0.6 is 0 Å². The molecule has 2 heteroatoms. The minimum atomic E-state index is 0.00508. The van der Waals surface area contributed by atoms with E-state index < -0.39 is 0 Å². The lowest BCUT2D eigenvalue weighted by molar-refractivity contribution is 0.466. The maximum absolute atomic E-state index is 4.66. The van der Waals surface area contributed by atoms with Crippen molar-refractivity contribution < 1.29 is 0 Å². The summed E-state index contributed by atoms with van der Waals surface area (Å²) in [6, 6.07) is 0. The molecule has 0 amide bonds. The molecule has 0 radical (unpaired) electrons. The number of nitrogens with zero attached hydrogens (tertiary/aromatic N) is 2. The molecule has 21 heavy (non-hydrogen) atoms. The summed E-state index contributed by atoms with van der Waals surface area (Å²) in [6.07, 6.45) is 0. The highest BCUT2D eigenvalue weighted by atomic mass is 15.1. The van der Waals surface area contributed by atoms with Gasteiger partial charge in [0.25, 0.3) is 0 Å². The van der Waals surface area contributed by atoms with E-state index in [2.05, 4.69) is 86.4 Å². The van der Waals surface area contributed by atoms with Crippen molar-refractivity contribution in [2.24, 2.45) is 0 Å². The minimum absolute atomic E-state index is 0.00508. The molecule has 1 aromatic heterocycles. The smallest absolute Gasteiger partial charge is 0.0724 e. The van der Waals surface area contributed by atoms with Crippen molar-refractivity contribution >= 4 is 0 Å². The van der Waals surface area contributed by atoms with E-state index >= 15 is 0 Å². The molecule has 1 aromatic rings. The van der Waals surface area contributed by atoms with Crippen molar-refractivity contribution in [3.8, 4) is 0 Å². The second kappa shape index (κ2) is 5.37. The molecule has 0 atom stereocenters. The Morgan fingerprint density at radius 3 is 1.33 bits per heavy atom. The van der Waals surface area contributed by atoms with E-state index in [9.17, 15) is 0 Å². The lowest BCUT2D eigenvalue weighted by Gasteiger charge is -2.36. The summed E-state index contributed by atoms with van der Waals surface area (Å²) in [4.78, 5) is 0. The van der Waals surface area contributed by atoms with Gasteiger partial charge < -0.3 is 0 Å². The molecular weight excluding hydrogens is 256 g/mol. The fourth-order valence-electron chi connectivity index (χ4n) is 2.87. The zero-order chi connectivity index (χ0) is 16.8. The Hall–Kier alpha value is -0.920. The molecular formula is C19H34N2. The van der Waals surface area contributed by atoms with Crippen LogP contribution in [0.4, 0.5) is 0 Å². The topological polar surface area (TPSA) is 25.8 Å². The number of hydrogen-bond acceptors (Lipinski definition) is 2. The monoisotopic (exact) mass is 290 g/mol. The van der Waals surface area contributed by atoms with Crippen LogP contribution in [0.3, 0.4) is 0 Å². The molecule has 1 rings (SSSR count). The van der Waals surface area contributed by atoms with Crippen molar-refractivity contribution in [1.82, 2.24) is 10.2 Å². The number of hydrogen-bond donors (Lipinski definition) is 0. The van der Waals surface area contributed by atoms with Gasteiger partial charge in [0.05, 0.1) is 11.4 Å². The van der Waals surface area contributed by atoms with Crippen LogP contribution in [0.5, 0.6) is 0 Å². The van der Waals surface area contributed by atoms with E-state index in [4.69, 9.17) is 0 Å². The molecule has 0 spiro atoms. The fraction of sp³-hybridized carbons (Fsp3) is 0.789. The third-order valence-corrected chi connectivity index (χ3v) is 3.76. The van der Waals surface area contributed by atoms with Crippen molar-refractivity contribution in [3.05, 3.63) is 22.5 Å². The van der Waals surface area contributed by atoms with Crippen molar-refractivity contribution in [2.75, 3.05) is 0 Å². The van der Waals surface area contributed by atoms with Gasteiger partial charge in [0.2, 0.25) is 0 Å². The second-order valence-electron chi connectivity index (χ2n) is 9.59. The Labute approximate surface area is 131 Å². The van der Waals surface area contributed by atoms with E-state index in [-0.39, 0.29) is 16.2 Å². The Kier molecular flexibility index (Phi) is 4.64. The first-order valence-corrected chi connectivity index (χ1v) is 8.09. The van der Waals surface area contributed by atoms with Crippen LogP contribution in [0.1, 0.15) is 105 Å². The summed E-state index contributed by atoms with van der Waals surface area (Å²) in [7, 11) is 0. The fourth-order valence-corrected chi connectivity index (χ4v) is 2.87. The first-order valence-electron chi connectivity index (χ1n) is 8.09. The van der Waals surface area contributed by atoms with E-state index in [0.717, 1.165) is 11.4 Å². The van der Waals surface area contributed by atoms with Gasteiger partial charge in [-0.1, -0.05) is 76.2 Å². The molecule has 0 unspecified atom stereocenters. The predicted octanol–water partition coefficient (Wildman–Crippen LogP) is 5.49. The van der Waals surface area contributed by atoms with Crippen LogP contribution in [0.15, 0.2) is 0 Å². The first kappa shape index (κ1) is 18.1. The van der Waals surface area contributed by atoms with Gasteiger partial charge in [0.1, 0.15) is 0 Å². The summed E-state index contributed by atoms with van der Waals surface area (Å²) in [5, 5.41) is 9.30. The van der Waals surface area contributed by atoms with Gasteiger partial charge in [-0.2, -0.15) is 10.2 Å². The summed E-state index contributed by atoms with van der Waals surface area (Å²) >= 11 is 0. The quantitative estimate of drug-likeness (QED) is 0.683. The molecule has 120 valence electrons. The Balaban J connectivity index is 3.93. The molecule has 1 heterocycles. The highest BCUT2D eigenvalue weighted by molar-refractivity contribution is 5.45. The molecule has 0 N–H and O–H groups in total. The van der Waals surface area contributed by atoms with Gasteiger partial charge in [-0.05, 0) is 27.9 Å². The normalized spacial score (nSPS) is 13.9. The average molecular weight is 290 g/mol. The number of rotatable bonds is 1. The Morgan fingerprint density at radius 2 is 1.05 bits per heavy atom. The zero-order valence-corrected chi connectivity index (χ0v) is 16.0. The van der Waals surface area contributed by atoms with Gasteiger partial charge >= 0.3 is 0 Å². The summed E-state index contributed by atoms with van der Waals surface area (Å²) in [6.45, 7) is 24.8. The lowest BCUT2D eigenvalue weighted by atomic mass is 9.70. The van der Waals surface area contributed by atoms with Crippen LogP contribution in [-0.4, -0.2) is 10.2 Å². The predicted molar refractivity (Wildman–Crippen MR) is 92.2 cm³/mol. The van der Waals surface area contributed by atoms with Gasteiger partial charge in [-0.15, -0.1) is 0 Å². The van der Waals surface area contributed by atoms with Crippen molar-refractivity contribution in [3.63, 3.8) is 0 Å². The van der Waals surface area contributed by atoms with Crippen LogP contribution < -0.4 is 0 Å². The molecule has 0 fully saturated rings. The van der Waals surface area contributed by atoms with Gasteiger partial charge in [-0.3, -0.25) is 0 Å². The molecule has 0 saturated carbocycles. The van der Waals surface area contributed by atoms with E-state index in [1.807, 2.05) is 0 Å². The van der Waals surface area contributed by atoms with Crippen LogP contribution in [-0.2, 0) is 16.2 Å². The standard InChI is InChI=1S/C19H34N2/c1-12(2)15-13(17(3,4)5)14(18(6,7)8)16(21-20-15)19(9,10)11/h12H,1-11H3. The highest BCUT2D eigenvalue weighted by Crippen LogP contribution is 2.41. The Morgan fingerprint density at radius 1 is 0.619 bits per heavy atom. The average Bonchev–Trinajstić information content (AvgIpc) is 2.23. The van der Waals surface area contributed by atoms with Gasteiger partial charge in [-0.25, -0.2) is 0 Å². The van der Waals surface area contributed by atoms with E-state index in [1.165, 1.54) is 11.1 Å². The molecule has 0 aliphatic rings. The molecule has 0 aliphatic carbocycles. The lowest BCUT2D eigenvalue weighted by Crippen LogP contribution is -2.32. The van der Waals surface area contributed by atoms with Gasteiger partial charge in [0.15, 0.2) is 0 Å². The maximum Gasteiger partial charge on any atom is 0.0724 e. The molecule has 0 saturated heterocycles. The van der Waals surface area contributed by atoms with Crippen molar-refractivity contribution in [1.29, 1.82) is 0 Å². The van der Waals surface area contributed by atoms with Crippen LogP contribution in [0, 0.1) is 0 Å². The molecule has 0 aliphatic heterocycles. The van der Waals surface area contributed by atoms with Crippen LogP contribution in [0.2, 0.25) is 0 Å². The summed E-state index contributed by atoms with van der Waals surface area (Å²) < 4.78 is 0. The first-order chi connectivity index (χ1) is 9.17. The van der Waals surface area contributed by atoms with Gasteiger partial charge in [0, 0.05) is 5.41 Å². The number of aromatic nitrogens is 2. The van der Waals surface area contributed by atoms with Crippen molar-refractivity contribution in [2.45, 2.75) is 98.3 Å². The third kappa shape index (κ3) is 3.84. The zero-order valence-electron chi connectivity index (χ0n) is 16.0.